The van der Waals surface area contributed by atoms with E-state index in [-0.39, 0.29) is 30.1 Å². The van der Waals surface area contributed by atoms with Crippen molar-refractivity contribution in [1.82, 2.24) is 9.99 Å². The summed E-state index contributed by atoms with van der Waals surface area (Å²) in [4.78, 5) is 32.1. The molecule has 1 rings (SSSR count). The Labute approximate surface area is 96.2 Å². The number of rotatable bonds is 5. The largest absolute Gasteiger partial charge is 0.309 e. The molecule has 0 aliphatic carbocycles. The fraction of sp³-hybridized carbons (Fsp3) is 0.333. The Morgan fingerprint density at radius 1 is 1.53 bits per heavy atom. The number of aryl methyl sites for hydroxylation is 1. The molecule has 0 saturated carbocycles. The number of nitro groups is 1. The number of carbonyl (C=O) groups is 1. The molecule has 3 N–H and O–H groups in total. The van der Waals surface area contributed by atoms with E-state index in [0.717, 1.165) is 18.3 Å². The predicted octanol–water partition coefficient (Wildman–Crippen LogP) is -0.473. The normalized spacial score (nSPS) is 9.94. The van der Waals surface area contributed by atoms with Crippen molar-refractivity contribution in [1.29, 1.82) is 0 Å². The maximum Gasteiger partial charge on any atom is 0.285 e. The van der Waals surface area contributed by atoms with Crippen LogP contribution in [0.4, 0.5) is 5.69 Å². The van der Waals surface area contributed by atoms with Crippen LogP contribution in [0, 0.1) is 10.1 Å². The lowest BCUT2D eigenvalue weighted by Gasteiger charge is -2.04. The number of nitrogens with one attached hydrogen (secondary N) is 1. The number of pyridine rings is 1. The van der Waals surface area contributed by atoms with Gasteiger partial charge in [-0.1, -0.05) is 0 Å². The highest BCUT2D eigenvalue weighted by Crippen LogP contribution is 2.06. The summed E-state index contributed by atoms with van der Waals surface area (Å²) >= 11 is 0. The van der Waals surface area contributed by atoms with Crippen LogP contribution < -0.4 is 16.8 Å². The van der Waals surface area contributed by atoms with Gasteiger partial charge in [-0.05, 0) is 6.42 Å². The van der Waals surface area contributed by atoms with Crippen LogP contribution in [0.5, 0.6) is 0 Å². The zero-order chi connectivity index (χ0) is 12.8. The third-order valence-corrected chi connectivity index (χ3v) is 2.14. The molecule has 8 nitrogen and oxygen atoms in total. The van der Waals surface area contributed by atoms with E-state index in [9.17, 15) is 19.7 Å². The van der Waals surface area contributed by atoms with Crippen LogP contribution in [-0.2, 0) is 11.3 Å². The highest BCUT2D eigenvalue weighted by molar-refractivity contribution is 5.75. The van der Waals surface area contributed by atoms with Gasteiger partial charge in [-0.2, -0.15) is 0 Å². The highest BCUT2D eigenvalue weighted by Gasteiger charge is 2.07. The molecule has 92 valence electrons. The van der Waals surface area contributed by atoms with Gasteiger partial charge < -0.3 is 4.57 Å². The fourth-order valence-corrected chi connectivity index (χ4v) is 1.28. The van der Waals surface area contributed by atoms with Crippen molar-refractivity contribution in [2.24, 2.45) is 5.84 Å². The molecule has 0 fully saturated rings. The first-order valence-electron chi connectivity index (χ1n) is 4.89. The molecule has 0 unspecified atom stereocenters. The van der Waals surface area contributed by atoms with E-state index in [0.29, 0.717) is 6.42 Å². The number of hydrazine groups is 1. The first kappa shape index (κ1) is 12.8. The summed E-state index contributed by atoms with van der Waals surface area (Å²) in [7, 11) is 0. The monoisotopic (exact) mass is 240 g/mol. The minimum Gasteiger partial charge on any atom is -0.309 e. The standard InChI is InChI=1S/C9H12N4O4/c10-11-8(14)2-1-5-12-6-7(13(16)17)3-4-9(12)15/h3-4,6H,1-2,5,10H2,(H,11,14). The van der Waals surface area contributed by atoms with Crippen LogP contribution in [0.1, 0.15) is 12.8 Å². The predicted molar refractivity (Wildman–Crippen MR) is 58.9 cm³/mol. The quantitative estimate of drug-likeness (QED) is 0.312. The molecule has 0 spiro atoms. The average Bonchev–Trinajstić information content (AvgIpc) is 2.30. The van der Waals surface area contributed by atoms with Gasteiger partial charge in [0, 0.05) is 25.1 Å². The van der Waals surface area contributed by atoms with Crippen molar-refractivity contribution in [3.8, 4) is 0 Å². The fourth-order valence-electron chi connectivity index (χ4n) is 1.28. The number of aromatic nitrogens is 1. The highest BCUT2D eigenvalue weighted by atomic mass is 16.6. The van der Waals surface area contributed by atoms with Gasteiger partial charge in [0.2, 0.25) is 5.91 Å². The van der Waals surface area contributed by atoms with Crippen LogP contribution in [0.2, 0.25) is 0 Å². The first-order chi connectivity index (χ1) is 8.04. The average molecular weight is 240 g/mol. The number of hydrogen-bond donors (Lipinski definition) is 2. The van der Waals surface area contributed by atoms with Crippen molar-refractivity contribution in [2.75, 3.05) is 0 Å². The summed E-state index contributed by atoms with van der Waals surface area (Å²) in [5.74, 6) is 4.54. The van der Waals surface area contributed by atoms with Gasteiger partial charge in [0.15, 0.2) is 0 Å². The van der Waals surface area contributed by atoms with Crippen molar-refractivity contribution < 1.29 is 9.72 Å². The lowest BCUT2D eigenvalue weighted by Crippen LogP contribution is -2.30. The lowest BCUT2D eigenvalue weighted by molar-refractivity contribution is -0.385. The number of hydrogen-bond acceptors (Lipinski definition) is 5. The maximum absolute atomic E-state index is 11.4. The van der Waals surface area contributed by atoms with Crippen molar-refractivity contribution in [3.05, 3.63) is 38.8 Å². The summed E-state index contributed by atoms with van der Waals surface area (Å²) in [5.41, 5.74) is 1.46. The van der Waals surface area contributed by atoms with Gasteiger partial charge in [0.1, 0.15) is 0 Å². The van der Waals surface area contributed by atoms with Gasteiger partial charge in [-0.15, -0.1) is 0 Å². The molecule has 0 atom stereocenters. The smallest absolute Gasteiger partial charge is 0.285 e. The molecule has 1 aromatic rings. The summed E-state index contributed by atoms with van der Waals surface area (Å²) in [6.45, 7) is 0.230. The first-order valence-corrected chi connectivity index (χ1v) is 4.89. The maximum atomic E-state index is 11.4. The molecule has 17 heavy (non-hydrogen) atoms. The van der Waals surface area contributed by atoms with Gasteiger partial charge in [0.25, 0.3) is 11.2 Å². The SMILES string of the molecule is NNC(=O)CCCn1cc([N+](=O)[O-])ccc1=O. The Kier molecular flexibility index (Phi) is 4.35. The molecule has 0 aliphatic rings. The molecule has 0 bridgehead atoms. The Bertz CT molecular complexity index is 482. The Balaban J connectivity index is 2.70. The molecule has 1 heterocycles. The van der Waals surface area contributed by atoms with E-state index >= 15 is 0 Å². The number of carbonyl (C=O) groups excluding carboxylic acids is 1. The van der Waals surface area contributed by atoms with E-state index in [1.807, 2.05) is 5.43 Å². The van der Waals surface area contributed by atoms with Gasteiger partial charge in [-0.3, -0.25) is 25.1 Å². The second-order valence-corrected chi connectivity index (χ2v) is 3.35. The van der Waals surface area contributed by atoms with Crippen LogP contribution in [0.3, 0.4) is 0 Å². The molecular formula is C9H12N4O4. The zero-order valence-electron chi connectivity index (χ0n) is 8.96. The minimum absolute atomic E-state index is 0.158. The minimum atomic E-state index is -0.581. The van der Waals surface area contributed by atoms with E-state index in [4.69, 9.17) is 5.84 Å². The topological polar surface area (TPSA) is 120 Å². The molecule has 1 amide bonds. The number of nitrogens with zero attached hydrogens (tertiary/aromatic N) is 2. The van der Waals surface area contributed by atoms with Crippen LogP contribution in [-0.4, -0.2) is 15.4 Å². The molecule has 0 saturated heterocycles. The van der Waals surface area contributed by atoms with E-state index in [1.54, 1.807) is 0 Å². The number of nitrogens with two attached hydrogens (primary N) is 1. The number of amides is 1. The van der Waals surface area contributed by atoms with Crippen molar-refractivity contribution >= 4 is 11.6 Å². The molecule has 0 aliphatic heterocycles. The summed E-state index contributed by atoms with van der Waals surface area (Å²) in [6.07, 6.45) is 1.69. The second-order valence-electron chi connectivity index (χ2n) is 3.35. The van der Waals surface area contributed by atoms with Crippen molar-refractivity contribution in [2.45, 2.75) is 19.4 Å². The molecular weight excluding hydrogens is 228 g/mol. The van der Waals surface area contributed by atoms with Gasteiger partial charge in [0.05, 0.1) is 11.1 Å². The van der Waals surface area contributed by atoms with E-state index in [2.05, 4.69) is 0 Å². The Morgan fingerprint density at radius 2 is 2.24 bits per heavy atom. The molecule has 0 radical (unpaired) electrons. The second kappa shape index (κ2) is 5.75. The Morgan fingerprint density at radius 3 is 2.82 bits per heavy atom. The molecule has 1 aromatic heterocycles. The molecule has 8 heteroatoms. The summed E-state index contributed by atoms with van der Waals surface area (Å²) in [5, 5.41) is 10.5. The van der Waals surface area contributed by atoms with Gasteiger partial charge in [-0.25, -0.2) is 5.84 Å². The van der Waals surface area contributed by atoms with Crippen LogP contribution in [0.25, 0.3) is 0 Å². The van der Waals surface area contributed by atoms with E-state index < -0.39 is 4.92 Å². The Hall–Kier alpha value is -2.22. The van der Waals surface area contributed by atoms with E-state index in [1.165, 1.54) is 4.57 Å². The third-order valence-electron chi connectivity index (χ3n) is 2.14. The van der Waals surface area contributed by atoms with Gasteiger partial charge >= 0.3 is 0 Å². The lowest BCUT2D eigenvalue weighted by atomic mass is 10.3. The van der Waals surface area contributed by atoms with Crippen LogP contribution in [0.15, 0.2) is 23.1 Å². The summed E-state index contributed by atoms with van der Waals surface area (Å²) < 4.78 is 1.20. The van der Waals surface area contributed by atoms with Crippen LogP contribution >= 0.6 is 0 Å². The molecule has 0 aromatic carbocycles. The zero-order valence-corrected chi connectivity index (χ0v) is 8.96. The van der Waals surface area contributed by atoms with Crippen molar-refractivity contribution in [3.63, 3.8) is 0 Å². The summed E-state index contributed by atoms with van der Waals surface area (Å²) in [6, 6.07) is 2.27. The third kappa shape index (κ3) is 3.68.